The number of ether oxygens (including phenoxy) is 2. The molecular weight excluding hydrogens is 510 g/mol. The molecule has 2 fully saturated rings. The second-order valence-electron chi connectivity index (χ2n) is 10.7. The third kappa shape index (κ3) is 2.50. The third-order valence-corrected chi connectivity index (χ3v) is 11.5. The van der Waals surface area contributed by atoms with Crippen molar-refractivity contribution in [1.82, 2.24) is 5.32 Å². The van der Waals surface area contributed by atoms with Crippen molar-refractivity contribution in [2.75, 3.05) is 7.11 Å². The van der Waals surface area contributed by atoms with E-state index >= 15 is 0 Å². The van der Waals surface area contributed by atoms with Gasteiger partial charge in [-0.25, -0.2) is 0 Å². The Morgan fingerprint density at radius 2 is 2.00 bits per heavy atom. The van der Waals surface area contributed by atoms with Crippen LogP contribution in [-0.2, 0) is 17.7 Å². The zero-order chi connectivity index (χ0) is 21.6. The molecule has 2 aliphatic heterocycles. The van der Waals surface area contributed by atoms with Crippen LogP contribution in [0.2, 0.25) is 0 Å². The first-order chi connectivity index (χ1) is 14.1. The maximum Gasteiger partial charge on any atom is 0.253 e. The Balaban J connectivity index is 1.74. The highest BCUT2D eigenvalue weighted by molar-refractivity contribution is 9.10. The van der Waals surface area contributed by atoms with E-state index in [0.717, 1.165) is 40.6 Å². The van der Waals surface area contributed by atoms with Gasteiger partial charge in [0.05, 0.1) is 11.7 Å². The fourth-order valence-electron chi connectivity index (χ4n) is 7.21. The first kappa shape index (κ1) is 21.3. The summed E-state index contributed by atoms with van der Waals surface area (Å²) < 4.78 is 14.2. The van der Waals surface area contributed by atoms with Crippen LogP contribution in [-0.4, -0.2) is 29.5 Å². The maximum absolute atomic E-state index is 12.5. The number of hydrogen-bond acceptors (Lipinski definition) is 3. The van der Waals surface area contributed by atoms with Crippen molar-refractivity contribution in [2.24, 2.45) is 22.7 Å². The zero-order valence-corrected chi connectivity index (χ0v) is 21.6. The van der Waals surface area contributed by atoms with Gasteiger partial charge in [-0.1, -0.05) is 43.6 Å². The van der Waals surface area contributed by atoms with Crippen LogP contribution in [0.25, 0.3) is 0 Å². The second kappa shape index (κ2) is 6.71. The summed E-state index contributed by atoms with van der Waals surface area (Å²) >= 11 is 7.66. The van der Waals surface area contributed by atoms with Crippen LogP contribution in [0.4, 0.5) is 0 Å². The number of rotatable bonds is 1. The van der Waals surface area contributed by atoms with E-state index in [4.69, 9.17) is 9.47 Å². The van der Waals surface area contributed by atoms with Gasteiger partial charge in [-0.2, -0.15) is 0 Å². The molecule has 1 aromatic carbocycles. The summed E-state index contributed by atoms with van der Waals surface area (Å²) in [4.78, 5) is 12.8. The van der Waals surface area contributed by atoms with Crippen LogP contribution in [0.5, 0.6) is 5.75 Å². The normalized spacial score (nSPS) is 41.1. The first-order valence-electron chi connectivity index (χ1n) is 11.0. The Labute approximate surface area is 196 Å². The van der Waals surface area contributed by atoms with E-state index in [1.165, 1.54) is 12.0 Å². The first-order valence-corrected chi connectivity index (χ1v) is 12.8. The SMILES string of the molecule is COC1C[C@@]23Oc4c(cc(Br)c5c4CNC5=O)C[C@]2(C)[C@@H](C)CC[C@H]3C(C)(C)C1Br. The van der Waals surface area contributed by atoms with E-state index in [9.17, 15) is 4.79 Å². The zero-order valence-electron chi connectivity index (χ0n) is 18.4. The number of halogens is 2. The smallest absolute Gasteiger partial charge is 0.253 e. The molecule has 1 aromatic rings. The number of amides is 1. The van der Waals surface area contributed by atoms with Crippen molar-refractivity contribution in [3.63, 3.8) is 0 Å². The van der Waals surface area contributed by atoms with Gasteiger partial charge in [0.2, 0.25) is 0 Å². The van der Waals surface area contributed by atoms with Gasteiger partial charge in [-0.05, 0) is 58.2 Å². The summed E-state index contributed by atoms with van der Waals surface area (Å²) in [7, 11) is 1.82. The van der Waals surface area contributed by atoms with Crippen LogP contribution in [0.1, 0.15) is 68.4 Å². The molecule has 6 heteroatoms. The number of carbonyl (C=O) groups excluding carboxylic acids is 1. The van der Waals surface area contributed by atoms with Gasteiger partial charge in [-0.15, -0.1) is 0 Å². The van der Waals surface area contributed by atoms with Crippen LogP contribution in [0.15, 0.2) is 10.5 Å². The van der Waals surface area contributed by atoms with Crippen LogP contribution >= 0.6 is 31.9 Å². The minimum Gasteiger partial charge on any atom is -0.486 e. The topological polar surface area (TPSA) is 47.6 Å². The van der Waals surface area contributed by atoms with Gasteiger partial charge in [-0.3, -0.25) is 4.79 Å². The Kier molecular flexibility index (Phi) is 4.75. The van der Waals surface area contributed by atoms with Gasteiger partial charge in [0, 0.05) is 46.3 Å². The lowest BCUT2D eigenvalue weighted by atomic mass is 9.44. The molecule has 164 valence electrons. The second-order valence-corrected chi connectivity index (χ2v) is 12.5. The number of carbonyl (C=O) groups is 1. The van der Waals surface area contributed by atoms with E-state index in [1.807, 2.05) is 7.11 Å². The molecule has 4 aliphatic rings. The third-order valence-electron chi connectivity index (χ3n) is 9.15. The lowest BCUT2D eigenvalue weighted by Gasteiger charge is -2.68. The van der Waals surface area contributed by atoms with Gasteiger partial charge >= 0.3 is 0 Å². The largest absolute Gasteiger partial charge is 0.486 e. The maximum atomic E-state index is 12.5. The average molecular weight is 541 g/mol. The Bertz CT molecular complexity index is 932. The average Bonchev–Trinajstić information content (AvgIpc) is 3.07. The molecule has 0 aromatic heterocycles. The fraction of sp³-hybridized carbons (Fsp3) is 0.708. The van der Waals surface area contributed by atoms with E-state index in [2.05, 4.69) is 70.9 Å². The number of hydrogen-bond donors (Lipinski definition) is 1. The highest BCUT2D eigenvalue weighted by Crippen LogP contribution is 2.67. The van der Waals surface area contributed by atoms with E-state index in [-0.39, 0.29) is 33.3 Å². The number of fused-ring (bicyclic) bond motifs is 3. The van der Waals surface area contributed by atoms with Crippen LogP contribution in [0, 0.1) is 22.7 Å². The van der Waals surface area contributed by atoms with Crippen molar-refractivity contribution in [1.29, 1.82) is 0 Å². The molecule has 0 radical (unpaired) electrons. The summed E-state index contributed by atoms with van der Waals surface area (Å²) in [5.74, 6) is 1.90. The summed E-state index contributed by atoms with van der Waals surface area (Å²) in [6.07, 6.45) is 4.31. The highest BCUT2D eigenvalue weighted by atomic mass is 79.9. The van der Waals surface area contributed by atoms with Crippen LogP contribution < -0.4 is 10.1 Å². The van der Waals surface area contributed by atoms with Crippen molar-refractivity contribution >= 4 is 37.8 Å². The minimum atomic E-state index is -0.306. The lowest BCUT2D eigenvalue weighted by Crippen LogP contribution is -2.72. The van der Waals surface area contributed by atoms with Crippen molar-refractivity contribution in [2.45, 2.75) is 76.5 Å². The molecule has 0 bridgehead atoms. The van der Waals surface area contributed by atoms with Gasteiger partial charge in [0.1, 0.15) is 11.4 Å². The molecule has 5 rings (SSSR count). The Morgan fingerprint density at radius 3 is 2.70 bits per heavy atom. The van der Waals surface area contributed by atoms with E-state index < -0.39 is 0 Å². The Hall–Kier alpha value is -0.590. The standard InChI is InChI=1S/C24H31Br2NO3/c1-12-6-7-17-22(2,3)20(26)16(29-5)10-24(17)23(12,4)9-13-8-15(25)18-14(19(13)30-24)11-27-21(18)28/h8,12,16-17,20H,6-7,9-11H2,1-5H3,(H,27,28)/t12-,16?,17-,20?,23+,24-/m0/s1. The molecule has 1 amide bonds. The summed E-state index contributed by atoms with van der Waals surface area (Å²) in [5.41, 5.74) is 2.72. The van der Waals surface area contributed by atoms with Crippen LogP contribution in [0.3, 0.4) is 0 Å². The van der Waals surface area contributed by atoms with Crippen molar-refractivity contribution in [3.8, 4) is 5.75 Å². The molecule has 30 heavy (non-hydrogen) atoms. The Morgan fingerprint density at radius 1 is 1.27 bits per heavy atom. The predicted octanol–water partition coefficient (Wildman–Crippen LogP) is 5.63. The molecular formula is C24H31Br2NO3. The molecule has 2 saturated carbocycles. The van der Waals surface area contributed by atoms with Gasteiger partial charge in [0.25, 0.3) is 5.91 Å². The molecule has 0 saturated heterocycles. The number of methoxy groups -OCH3 is 1. The van der Waals surface area contributed by atoms with Crippen molar-refractivity contribution < 1.29 is 14.3 Å². The minimum absolute atomic E-state index is 0.00776. The lowest BCUT2D eigenvalue weighted by molar-refractivity contribution is -0.229. The predicted molar refractivity (Wildman–Crippen MR) is 124 cm³/mol. The highest BCUT2D eigenvalue weighted by Gasteiger charge is 2.69. The molecule has 4 nitrogen and oxygen atoms in total. The molecule has 1 N–H and O–H groups in total. The van der Waals surface area contributed by atoms with E-state index in [0.29, 0.717) is 18.4 Å². The molecule has 2 heterocycles. The fourth-order valence-corrected chi connectivity index (χ4v) is 8.63. The van der Waals surface area contributed by atoms with Gasteiger partial charge < -0.3 is 14.8 Å². The van der Waals surface area contributed by atoms with Gasteiger partial charge in [0.15, 0.2) is 0 Å². The molecule has 6 atom stereocenters. The summed E-state index contributed by atoms with van der Waals surface area (Å²) in [6.45, 7) is 10.1. The molecule has 2 aliphatic carbocycles. The quantitative estimate of drug-likeness (QED) is 0.470. The summed E-state index contributed by atoms with van der Waals surface area (Å²) in [6, 6.07) is 2.13. The molecule has 2 unspecified atom stereocenters. The number of nitrogens with one attached hydrogen (secondary N) is 1. The molecule has 1 spiro atoms. The number of alkyl halides is 1. The number of benzene rings is 1. The van der Waals surface area contributed by atoms with Crippen molar-refractivity contribution in [3.05, 3.63) is 27.2 Å². The van der Waals surface area contributed by atoms with E-state index in [1.54, 1.807) is 0 Å². The monoisotopic (exact) mass is 539 g/mol. The summed E-state index contributed by atoms with van der Waals surface area (Å²) in [5, 5.41) is 3.00.